The van der Waals surface area contributed by atoms with Gasteiger partial charge in [0, 0.05) is 6.04 Å². The molecule has 0 radical (unpaired) electrons. The average Bonchev–Trinajstić information content (AvgIpc) is 2.39. The molecule has 0 aromatic heterocycles. The zero-order chi connectivity index (χ0) is 14.3. The Morgan fingerprint density at radius 1 is 1.00 bits per heavy atom. The lowest BCUT2D eigenvalue weighted by molar-refractivity contribution is 0.433. The second kappa shape index (κ2) is 8.20. The van der Waals surface area contributed by atoms with Crippen LogP contribution in [0.15, 0.2) is 12.1 Å². The third kappa shape index (κ3) is 4.86. The maximum atomic E-state index is 13.2. The van der Waals surface area contributed by atoms with E-state index >= 15 is 0 Å². The van der Waals surface area contributed by atoms with Gasteiger partial charge in [-0.05, 0) is 30.7 Å². The summed E-state index contributed by atoms with van der Waals surface area (Å²) in [4.78, 5) is 0. The predicted octanol–water partition coefficient (Wildman–Crippen LogP) is 4.72. The smallest absolute Gasteiger partial charge is 0.194 e. The molecule has 0 aliphatic carbocycles. The Balaban J connectivity index is 2.74. The summed E-state index contributed by atoms with van der Waals surface area (Å²) in [5.41, 5.74) is 0.481. The fourth-order valence-electron chi connectivity index (χ4n) is 2.18. The molecule has 1 nitrogen and oxygen atoms in total. The molecule has 1 N–H and O–H groups in total. The molecule has 19 heavy (non-hydrogen) atoms. The first kappa shape index (κ1) is 16.0. The third-order valence-electron chi connectivity index (χ3n) is 3.21. The topological polar surface area (TPSA) is 12.0 Å². The molecule has 0 amide bonds. The van der Waals surface area contributed by atoms with Gasteiger partial charge in [0.1, 0.15) is 0 Å². The van der Waals surface area contributed by atoms with Gasteiger partial charge in [0.25, 0.3) is 0 Å². The van der Waals surface area contributed by atoms with Crippen LogP contribution in [0.5, 0.6) is 0 Å². The second-order valence-electron chi connectivity index (χ2n) is 4.76. The highest BCUT2D eigenvalue weighted by molar-refractivity contribution is 5.22. The van der Waals surface area contributed by atoms with Crippen molar-refractivity contribution in [2.24, 2.45) is 0 Å². The Hall–Kier alpha value is -1.03. The van der Waals surface area contributed by atoms with Crippen LogP contribution in [0.3, 0.4) is 0 Å². The van der Waals surface area contributed by atoms with Crippen molar-refractivity contribution in [3.63, 3.8) is 0 Å². The normalized spacial score (nSPS) is 12.7. The van der Waals surface area contributed by atoms with E-state index in [1.165, 1.54) is 0 Å². The van der Waals surface area contributed by atoms with Crippen LogP contribution in [-0.2, 0) is 0 Å². The molecule has 1 unspecified atom stereocenters. The molecule has 4 heteroatoms. The van der Waals surface area contributed by atoms with E-state index in [1.54, 1.807) is 0 Å². The molecule has 0 fully saturated rings. The maximum absolute atomic E-state index is 13.2. The van der Waals surface area contributed by atoms with Crippen LogP contribution < -0.4 is 5.32 Å². The van der Waals surface area contributed by atoms with Crippen LogP contribution in [0.2, 0.25) is 0 Å². The number of unbranched alkanes of at least 4 members (excludes halogenated alkanes) is 3. The molecule has 0 spiro atoms. The first-order chi connectivity index (χ1) is 9.10. The summed E-state index contributed by atoms with van der Waals surface area (Å²) in [6, 6.07) is 2.06. The summed E-state index contributed by atoms with van der Waals surface area (Å²) >= 11 is 0. The van der Waals surface area contributed by atoms with E-state index in [4.69, 9.17) is 0 Å². The van der Waals surface area contributed by atoms with E-state index in [1.807, 2.05) is 6.92 Å². The summed E-state index contributed by atoms with van der Waals surface area (Å²) in [6.07, 6.45) is 5.20. The van der Waals surface area contributed by atoms with Gasteiger partial charge < -0.3 is 5.32 Å². The fourth-order valence-corrected chi connectivity index (χ4v) is 2.18. The lowest BCUT2D eigenvalue weighted by Gasteiger charge is -2.18. The van der Waals surface area contributed by atoms with Crippen molar-refractivity contribution in [3.05, 3.63) is 35.1 Å². The highest BCUT2D eigenvalue weighted by atomic mass is 19.2. The van der Waals surface area contributed by atoms with E-state index in [0.717, 1.165) is 44.2 Å². The summed E-state index contributed by atoms with van der Waals surface area (Å²) in [5, 5.41) is 3.19. The lowest BCUT2D eigenvalue weighted by atomic mass is 9.99. The molecule has 1 rings (SSSR count). The number of hydrogen-bond acceptors (Lipinski definition) is 1. The van der Waals surface area contributed by atoms with E-state index in [2.05, 4.69) is 12.2 Å². The molecular weight excluding hydrogens is 251 g/mol. The first-order valence-electron chi connectivity index (χ1n) is 6.98. The van der Waals surface area contributed by atoms with E-state index in [-0.39, 0.29) is 6.04 Å². The summed E-state index contributed by atoms with van der Waals surface area (Å²) in [5.74, 6) is -3.64. The lowest BCUT2D eigenvalue weighted by Crippen LogP contribution is -2.21. The first-order valence-corrected chi connectivity index (χ1v) is 6.98. The maximum Gasteiger partial charge on any atom is 0.194 e. The van der Waals surface area contributed by atoms with Crippen LogP contribution in [-0.4, -0.2) is 6.54 Å². The van der Waals surface area contributed by atoms with Gasteiger partial charge in [0.15, 0.2) is 17.5 Å². The molecule has 0 aliphatic rings. The molecule has 1 aromatic rings. The fraction of sp³-hybridized carbons (Fsp3) is 0.600. The number of hydrogen-bond donors (Lipinski definition) is 1. The van der Waals surface area contributed by atoms with Gasteiger partial charge in [0.05, 0.1) is 0 Å². The molecule has 1 aromatic carbocycles. The number of rotatable bonds is 8. The van der Waals surface area contributed by atoms with Crippen LogP contribution in [0, 0.1) is 17.5 Å². The molecule has 0 bridgehead atoms. The van der Waals surface area contributed by atoms with Crippen molar-refractivity contribution < 1.29 is 13.2 Å². The van der Waals surface area contributed by atoms with Crippen molar-refractivity contribution in [1.29, 1.82) is 0 Å². The van der Waals surface area contributed by atoms with Gasteiger partial charge in [-0.3, -0.25) is 0 Å². The third-order valence-corrected chi connectivity index (χ3v) is 3.21. The quantitative estimate of drug-likeness (QED) is 0.533. The standard InChI is InChI=1S/C15H22F3N/c1-3-5-6-7-8-14(19-4-2)11-9-12(16)15(18)13(17)10-11/h9-10,14,19H,3-8H2,1-2H3. The monoisotopic (exact) mass is 273 g/mol. The second-order valence-corrected chi connectivity index (χ2v) is 4.76. The summed E-state index contributed by atoms with van der Waals surface area (Å²) < 4.78 is 39.4. The molecule has 0 heterocycles. The summed E-state index contributed by atoms with van der Waals surface area (Å²) in [7, 11) is 0. The Morgan fingerprint density at radius 2 is 1.63 bits per heavy atom. The van der Waals surface area contributed by atoms with Gasteiger partial charge in [0.2, 0.25) is 0 Å². The van der Waals surface area contributed by atoms with Gasteiger partial charge in [-0.15, -0.1) is 0 Å². The molecule has 0 saturated carbocycles. The zero-order valence-corrected chi connectivity index (χ0v) is 11.6. The van der Waals surface area contributed by atoms with Crippen LogP contribution in [0.4, 0.5) is 13.2 Å². The van der Waals surface area contributed by atoms with Crippen molar-refractivity contribution in [1.82, 2.24) is 5.32 Å². The molecule has 108 valence electrons. The summed E-state index contributed by atoms with van der Waals surface area (Å²) in [6.45, 7) is 4.78. The Bertz CT molecular complexity index is 370. The zero-order valence-electron chi connectivity index (χ0n) is 11.6. The Labute approximate surface area is 113 Å². The highest BCUT2D eigenvalue weighted by Gasteiger charge is 2.16. The minimum Gasteiger partial charge on any atom is -0.310 e. The van der Waals surface area contributed by atoms with Gasteiger partial charge in [-0.1, -0.05) is 39.5 Å². The van der Waals surface area contributed by atoms with Crippen LogP contribution >= 0.6 is 0 Å². The van der Waals surface area contributed by atoms with Crippen molar-refractivity contribution in [2.45, 2.75) is 52.0 Å². The number of nitrogens with one attached hydrogen (secondary N) is 1. The predicted molar refractivity (Wildman–Crippen MR) is 71.5 cm³/mol. The Kier molecular flexibility index (Phi) is 6.92. The Morgan fingerprint density at radius 3 is 2.16 bits per heavy atom. The molecule has 0 saturated heterocycles. The number of benzene rings is 1. The molecular formula is C15H22F3N. The minimum atomic E-state index is -1.40. The SMILES string of the molecule is CCCCCCC(NCC)c1cc(F)c(F)c(F)c1. The number of halogens is 3. The van der Waals surface area contributed by atoms with Crippen molar-refractivity contribution in [3.8, 4) is 0 Å². The van der Waals surface area contributed by atoms with Gasteiger partial charge >= 0.3 is 0 Å². The molecule has 1 atom stereocenters. The van der Waals surface area contributed by atoms with Crippen LogP contribution in [0.1, 0.15) is 57.6 Å². The van der Waals surface area contributed by atoms with E-state index in [9.17, 15) is 13.2 Å². The van der Waals surface area contributed by atoms with E-state index < -0.39 is 17.5 Å². The largest absolute Gasteiger partial charge is 0.310 e. The highest BCUT2D eigenvalue weighted by Crippen LogP contribution is 2.23. The average molecular weight is 273 g/mol. The molecule has 0 aliphatic heterocycles. The minimum absolute atomic E-state index is 0.119. The van der Waals surface area contributed by atoms with Crippen LogP contribution in [0.25, 0.3) is 0 Å². The van der Waals surface area contributed by atoms with E-state index in [0.29, 0.717) is 12.1 Å². The van der Waals surface area contributed by atoms with Crippen molar-refractivity contribution in [2.75, 3.05) is 6.54 Å². The van der Waals surface area contributed by atoms with Crippen molar-refractivity contribution >= 4 is 0 Å². The van der Waals surface area contributed by atoms with Gasteiger partial charge in [-0.2, -0.15) is 0 Å². The van der Waals surface area contributed by atoms with Gasteiger partial charge in [-0.25, -0.2) is 13.2 Å².